The van der Waals surface area contributed by atoms with Crippen molar-refractivity contribution >= 4 is 27.5 Å². The van der Waals surface area contributed by atoms with Crippen molar-refractivity contribution in [2.24, 2.45) is 0 Å². The SMILES string of the molecule is O=C(CN(Cc1ccc(F)cc1)C1CC1)N1CCC[C@H](c2nc3ccccc3s2)C1. The number of halogens is 1. The van der Waals surface area contributed by atoms with E-state index in [4.69, 9.17) is 4.98 Å². The van der Waals surface area contributed by atoms with E-state index in [1.165, 1.54) is 16.8 Å². The number of amides is 1. The predicted molar refractivity (Wildman–Crippen MR) is 118 cm³/mol. The quantitative estimate of drug-likeness (QED) is 0.571. The molecule has 2 aliphatic rings. The Labute approximate surface area is 180 Å². The van der Waals surface area contributed by atoms with Gasteiger partial charge in [0.05, 0.1) is 21.8 Å². The number of hydrogen-bond donors (Lipinski definition) is 0. The second kappa shape index (κ2) is 8.44. The van der Waals surface area contributed by atoms with Gasteiger partial charge in [-0.3, -0.25) is 9.69 Å². The first kappa shape index (κ1) is 19.6. The second-order valence-electron chi connectivity index (χ2n) is 8.46. The Morgan fingerprint density at radius 2 is 1.93 bits per heavy atom. The van der Waals surface area contributed by atoms with Crippen molar-refractivity contribution < 1.29 is 9.18 Å². The van der Waals surface area contributed by atoms with E-state index in [-0.39, 0.29) is 11.7 Å². The molecule has 1 aliphatic heterocycles. The lowest BCUT2D eigenvalue weighted by atomic mass is 9.98. The predicted octanol–water partition coefficient (Wildman–Crippen LogP) is 4.81. The molecule has 0 unspecified atom stereocenters. The van der Waals surface area contributed by atoms with Crippen LogP contribution < -0.4 is 0 Å². The van der Waals surface area contributed by atoms with Gasteiger partial charge in [0, 0.05) is 31.6 Å². The number of carbonyl (C=O) groups is 1. The zero-order valence-electron chi connectivity index (χ0n) is 17.0. The van der Waals surface area contributed by atoms with E-state index in [1.807, 2.05) is 23.1 Å². The number of rotatable bonds is 6. The molecule has 3 aromatic rings. The highest BCUT2D eigenvalue weighted by atomic mass is 32.1. The van der Waals surface area contributed by atoms with Crippen molar-refractivity contribution in [3.05, 3.63) is 64.9 Å². The summed E-state index contributed by atoms with van der Waals surface area (Å²) in [7, 11) is 0. The third-order valence-electron chi connectivity index (χ3n) is 6.13. The molecule has 2 heterocycles. The van der Waals surface area contributed by atoms with Crippen LogP contribution in [0.2, 0.25) is 0 Å². The number of piperidine rings is 1. The van der Waals surface area contributed by atoms with Crippen LogP contribution >= 0.6 is 11.3 Å². The average Bonchev–Trinajstić information content (AvgIpc) is 3.53. The first-order valence-corrected chi connectivity index (χ1v) is 11.6. The molecule has 0 bridgehead atoms. The Morgan fingerprint density at radius 3 is 2.70 bits per heavy atom. The van der Waals surface area contributed by atoms with Crippen molar-refractivity contribution in [3.63, 3.8) is 0 Å². The molecule has 0 spiro atoms. The number of hydrogen-bond acceptors (Lipinski definition) is 4. The van der Waals surface area contributed by atoms with Crippen molar-refractivity contribution in [1.29, 1.82) is 0 Å². The minimum atomic E-state index is -0.220. The molecule has 6 heteroatoms. The maximum atomic E-state index is 13.2. The molecule has 1 aromatic heterocycles. The molecular weight excluding hydrogens is 397 g/mol. The van der Waals surface area contributed by atoms with E-state index in [0.29, 0.717) is 25.0 Å². The van der Waals surface area contributed by atoms with Gasteiger partial charge in [-0.1, -0.05) is 24.3 Å². The molecular formula is C24H26FN3OS. The standard InChI is InChI=1S/C24H26FN3OS/c25-19-9-7-17(8-10-19)14-28(20-11-12-20)16-23(29)27-13-3-4-18(15-27)24-26-21-5-1-2-6-22(21)30-24/h1-2,5-10,18,20H,3-4,11-16H2/t18-/m0/s1. The molecule has 0 N–H and O–H groups in total. The van der Waals surface area contributed by atoms with Gasteiger partial charge in [0.1, 0.15) is 5.82 Å². The summed E-state index contributed by atoms with van der Waals surface area (Å²) in [4.78, 5) is 22.3. The van der Waals surface area contributed by atoms with E-state index < -0.39 is 0 Å². The number of nitrogens with zero attached hydrogens (tertiary/aromatic N) is 3. The molecule has 1 aliphatic carbocycles. The summed E-state index contributed by atoms with van der Waals surface area (Å²) >= 11 is 1.76. The lowest BCUT2D eigenvalue weighted by molar-refractivity contribution is -0.134. The highest BCUT2D eigenvalue weighted by Crippen LogP contribution is 2.33. The van der Waals surface area contributed by atoms with E-state index in [1.54, 1.807) is 11.3 Å². The monoisotopic (exact) mass is 423 g/mol. The van der Waals surface area contributed by atoms with Crippen LogP contribution in [0.5, 0.6) is 0 Å². The number of thiazole rings is 1. The number of fused-ring (bicyclic) bond motifs is 1. The number of benzene rings is 2. The normalized spacial score (nSPS) is 19.5. The van der Waals surface area contributed by atoms with Crippen LogP contribution in [0, 0.1) is 5.82 Å². The third kappa shape index (κ3) is 4.40. The lowest BCUT2D eigenvalue weighted by Crippen LogP contribution is -2.45. The van der Waals surface area contributed by atoms with Gasteiger partial charge in [0.25, 0.3) is 0 Å². The van der Waals surface area contributed by atoms with Crippen LogP contribution in [0.3, 0.4) is 0 Å². The van der Waals surface area contributed by atoms with Gasteiger partial charge in [-0.25, -0.2) is 9.37 Å². The molecule has 156 valence electrons. The molecule has 30 heavy (non-hydrogen) atoms. The Hall–Kier alpha value is -2.31. The highest BCUT2D eigenvalue weighted by Gasteiger charge is 2.33. The fourth-order valence-corrected chi connectivity index (χ4v) is 5.41. The average molecular weight is 424 g/mol. The van der Waals surface area contributed by atoms with Gasteiger partial charge < -0.3 is 4.90 Å². The van der Waals surface area contributed by atoms with Crippen molar-refractivity contribution in [3.8, 4) is 0 Å². The first-order valence-electron chi connectivity index (χ1n) is 10.8. The fraction of sp³-hybridized carbons (Fsp3) is 0.417. The topological polar surface area (TPSA) is 36.4 Å². The summed E-state index contributed by atoms with van der Waals surface area (Å²) in [6.45, 7) is 2.73. The molecule has 4 nitrogen and oxygen atoms in total. The molecule has 1 saturated carbocycles. The largest absolute Gasteiger partial charge is 0.341 e. The summed E-state index contributed by atoms with van der Waals surface area (Å²) < 4.78 is 14.4. The Balaban J connectivity index is 1.24. The summed E-state index contributed by atoms with van der Waals surface area (Å²) in [5, 5.41) is 1.15. The molecule has 5 rings (SSSR count). The van der Waals surface area contributed by atoms with E-state index in [0.717, 1.165) is 54.9 Å². The van der Waals surface area contributed by atoms with Crippen LogP contribution in [0.25, 0.3) is 10.2 Å². The Morgan fingerprint density at radius 1 is 1.13 bits per heavy atom. The smallest absolute Gasteiger partial charge is 0.236 e. The van der Waals surface area contributed by atoms with Gasteiger partial charge in [-0.2, -0.15) is 0 Å². The van der Waals surface area contributed by atoms with E-state index in [2.05, 4.69) is 23.1 Å². The third-order valence-corrected chi connectivity index (χ3v) is 7.33. The maximum Gasteiger partial charge on any atom is 0.236 e. The van der Waals surface area contributed by atoms with Crippen LogP contribution in [0.1, 0.15) is 42.2 Å². The zero-order chi connectivity index (χ0) is 20.5. The molecule has 1 atom stereocenters. The second-order valence-corrected chi connectivity index (χ2v) is 9.52. The van der Waals surface area contributed by atoms with Crippen molar-refractivity contribution in [1.82, 2.24) is 14.8 Å². The highest BCUT2D eigenvalue weighted by molar-refractivity contribution is 7.18. The summed E-state index contributed by atoms with van der Waals surface area (Å²) in [6, 6.07) is 15.4. The zero-order valence-corrected chi connectivity index (χ0v) is 17.8. The Kier molecular flexibility index (Phi) is 5.52. The van der Waals surface area contributed by atoms with Crippen LogP contribution in [0.4, 0.5) is 4.39 Å². The molecule has 2 aromatic carbocycles. The van der Waals surface area contributed by atoms with Crippen LogP contribution in [-0.2, 0) is 11.3 Å². The number of likely N-dealkylation sites (tertiary alicyclic amines) is 1. The van der Waals surface area contributed by atoms with Gasteiger partial charge >= 0.3 is 0 Å². The molecule has 0 radical (unpaired) electrons. The Bertz CT molecular complexity index is 997. The lowest BCUT2D eigenvalue weighted by Gasteiger charge is -2.33. The van der Waals surface area contributed by atoms with Crippen LogP contribution in [0.15, 0.2) is 48.5 Å². The fourth-order valence-electron chi connectivity index (χ4n) is 4.32. The maximum absolute atomic E-state index is 13.2. The van der Waals surface area contributed by atoms with Crippen molar-refractivity contribution in [2.45, 2.75) is 44.2 Å². The minimum Gasteiger partial charge on any atom is -0.341 e. The summed E-state index contributed by atoms with van der Waals surface area (Å²) in [6.07, 6.45) is 4.39. The molecule has 1 amide bonds. The minimum absolute atomic E-state index is 0.204. The van der Waals surface area contributed by atoms with Crippen LogP contribution in [-0.4, -0.2) is 46.4 Å². The number of carbonyl (C=O) groups excluding carboxylic acids is 1. The molecule has 2 fully saturated rings. The summed E-state index contributed by atoms with van der Waals surface area (Å²) in [5.41, 5.74) is 2.11. The van der Waals surface area contributed by atoms with E-state index in [9.17, 15) is 9.18 Å². The van der Waals surface area contributed by atoms with Crippen molar-refractivity contribution in [2.75, 3.05) is 19.6 Å². The molecule has 1 saturated heterocycles. The number of para-hydroxylation sites is 1. The van der Waals surface area contributed by atoms with Gasteiger partial charge in [-0.05, 0) is 55.5 Å². The first-order chi connectivity index (χ1) is 14.7. The number of aromatic nitrogens is 1. The van der Waals surface area contributed by atoms with E-state index >= 15 is 0 Å². The van der Waals surface area contributed by atoms with Gasteiger partial charge in [0.15, 0.2) is 0 Å². The van der Waals surface area contributed by atoms with Gasteiger partial charge in [-0.15, -0.1) is 11.3 Å². The summed E-state index contributed by atoms with van der Waals surface area (Å²) in [5.74, 6) is 0.309. The van der Waals surface area contributed by atoms with Gasteiger partial charge in [0.2, 0.25) is 5.91 Å².